The summed E-state index contributed by atoms with van der Waals surface area (Å²) in [4.78, 5) is 16.1. The minimum Gasteiger partial charge on any atom is -0.350 e. The normalized spacial score (nSPS) is 18.9. The first-order valence-electron chi connectivity index (χ1n) is 8.73. The molecular formula is C19H15F6N3O3. The van der Waals surface area contributed by atoms with Crippen LogP contribution in [-0.2, 0) is 17.6 Å². The Morgan fingerprint density at radius 2 is 1.77 bits per heavy atom. The molecule has 0 saturated carbocycles. The maximum atomic E-state index is 12.8. The number of aliphatic hydroxyl groups is 1. The highest BCUT2D eigenvalue weighted by Crippen LogP contribution is 2.39. The van der Waals surface area contributed by atoms with Gasteiger partial charge in [-0.1, -0.05) is 23.4 Å². The van der Waals surface area contributed by atoms with E-state index in [-0.39, 0.29) is 23.5 Å². The quantitative estimate of drug-likeness (QED) is 0.608. The first-order chi connectivity index (χ1) is 14.4. The molecule has 1 aliphatic heterocycles. The van der Waals surface area contributed by atoms with Crippen LogP contribution in [0.2, 0.25) is 0 Å². The molecule has 31 heavy (non-hydrogen) atoms. The molecule has 2 aromatic rings. The summed E-state index contributed by atoms with van der Waals surface area (Å²) in [6.07, 6.45) is -10.4. The molecule has 166 valence electrons. The molecule has 12 heteroatoms. The predicted molar refractivity (Wildman–Crippen MR) is 97.0 cm³/mol. The van der Waals surface area contributed by atoms with Gasteiger partial charge in [0.1, 0.15) is 0 Å². The summed E-state index contributed by atoms with van der Waals surface area (Å²) >= 11 is 0. The smallest absolute Gasteiger partial charge is 0.350 e. The Hall–Kier alpha value is -3.28. The van der Waals surface area contributed by atoms with Gasteiger partial charge in [-0.2, -0.15) is 26.3 Å². The van der Waals surface area contributed by atoms with Crippen molar-refractivity contribution in [3.05, 3.63) is 65.2 Å². The van der Waals surface area contributed by atoms with Gasteiger partial charge in [-0.15, -0.1) is 0 Å². The van der Waals surface area contributed by atoms with Crippen molar-refractivity contribution in [1.29, 1.82) is 0 Å². The number of hydrogen-bond acceptors (Lipinski definition) is 4. The number of alkyl halides is 6. The third-order valence-corrected chi connectivity index (χ3v) is 4.34. The minimum absolute atomic E-state index is 0.0298. The topological polar surface area (TPSA) is 83.0 Å². The summed E-state index contributed by atoms with van der Waals surface area (Å²) in [5.41, 5.74) is -0.0571. The highest BCUT2D eigenvalue weighted by atomic mass is 19.4. The molecule has 0 bridgehead atoms. The summed E-state index contributed by atoms with van der Waals surface area (Å²) in [5.74, 6) is -3.39. The highest BCUT2D eigenvalue weighted by Gasteiger charge is 2.60. The van der Waals surface area contributed by atoms with E-state index in [0.29, 0.717) is 5.56 Å². The van der Waals surface area contributed by atoms with E-state index in [0.717, 1.165) is 24.3 Å². The molecule has 0 aromatic heterocycles. The number of halogens is 6. The summed E-state index contributed by atoms with van der Waals surface area (Å²) in [6, 6.07) is 9.20. The van der Waals surface area contributed by atoms with Gasteiger partial charge >= 0.3 is 24.2 Å². The van der Waals surface area contributed by atoms with E-state index in [9.17, 15) is 36.2 Å². The van der Waals surface area contributed by atoms with Crippen LogP contribution in [0.15, 0.2) is 53.7 Å². The van der Waals surface area contributed by atoms with Crippen LogP contribution < -0.4 is 10.6 Å². The Morgan fingerprint density at radius 3 is 2.35 bits per heavy atom. The zero-order valence-corrected chi connectivity index (χ0v) is 15.5. The lowest BCUT2D eigenvalue weighted by atomic mass is 10.0. The Bertz CT molecular complexity index is 989. The van der Waals surface area contributed by atoms with E-state index in [1.165, 1.54) is 18.2 Å². The lowest BCUT2D eigenvalue weighted by molar-refractivity contribution is -0.355. The fourth-order valence-electron chi connectivity index (χ4n) is 2.69. The molecule has 1 atom stereocenters. The van der Waals surface area contributed by atoms with Crippen LogP contribution in [0.4, 0.5) is 36.8 Å². The fourth-order valence-corrected chi connectivity index (χ4v) is 2.69. The Morgan fingerprint density at radius 1 is 1.10 bits per heavy atom. The number of amides is 2. The van der Waals surface area contributed by atoms with Gasteiger partial charge in [-0.25, -0.2) is 4.79 Å². The van der Waals surface area contributed by atoms with Crippen molar-refractivity contribution >= 4 is 17.4 Å². The SMILES string of the molecule is O=C(NCc1cccc(C2=NOC(O)(C(F)(F)F)C2)c1)Nc1ccc(C(F)(F)F)cc1. The number of hydrogen-bond donors (Lipinski definition) is 3. The molecule has 3 rings (SSSR count). The Labute approximate surface area is 171 Å². The molecule has 2 aromatic carbocycles. The second kappa shape index (κ2) is 8.10. The number of anilines is 1. The lowest BCUT2D eigenvalue weighted by Crippen LogP contribution is -2.45. The Kier molecular flexibility index (Phi) is 5.85. The van der Waals surface area contributed by atoms with Crippen LogP contribution >= 0.6 is 0 Å². The number of oxime groups is 1. The molecule has 1 unspecified atom stereocenters. The predicted octanol–water partition coefficient (Wildman–Crippen LogP) is 4.40. The van der Waals surface area contributed by atoms with E-state index >= 15 is 0 Å². The average molecular weight is 447 g/mol. The lowest BCUT2D eigenvalue weighted by Gasteiger charge is -2.22. The zero-order chi connectivity index (χ0) is 22.9. The fraction of sp³-hybridized carbons (Fsp3) is 0.263. The van der Waals surface area contributed by atoms with Gasteiger partial charge in [0.05, 0.1) is 17.7 Å². The van der Waals surface area contributed by atoms with Gasteiger partial charge < -0.3 is 20.6 Å². The molecule has 2 amide bonds. The van der Waals surface area contributed by atoms with Crippen LogP contribution in [0.25, 0.3) is 0 Å². The van der Waals surface area contributed by atoms with E-state index in [1.807, 2.05) is 0 Å². The minimum atomic E-state index is -5.02. The molecule has 0 spiro atoms. The van der Waals surface area contributed by atoms with Crippen LogP contribution in [0.3, 0.4) is 0 Å². The van der Waals surface area contributed by atoms with Crippen molar-refractivity contribution < 1.29 is 41.1 Å². The summed E-state index contributed by atoms with van der Waals surface area (Å²) < 4.78 is 76.1. The molecule has 1 heterocycles. The second-order valence-electron chi connectivity index (χ2n) is 6.67. The van der Waals surface area contributed by atoms with Crippen molar-refractivity contribution in [2.24, 2.45) is 5.16 Å². The standard InChI is InChI=1S/C19H15F6N3O3/c20-18(21,22)13-4-6-14(7-5-13)27-16(29)26-10-11-2-1-3-12(8-11)15-9-17(30,31-28-15)19(23,24)25/h1-8,30H,9-10H2,(H2,26,27,29). The van der Waals surface area contributed by atoms with Gasteiger partial charge in [0.15, 0.2) is 0 Å². The van der Waals surface area contributed by atoms with Crippen molar-refractivity contribution in [1.82, 2.24) is 5.32 Å². The first-order valence-corrected chi connectivity index (χ1v) is 8.73. The van der Waals surface area contributed by atoms with Gasteiger partial charge in [-0.05, 0) is 41.5 Å². The van der Waals surface area contributed by atoms with Gasteiger partial charge in [0, 0.05) is 12.2 Å². The molecule has 0 fully saturated rings. The summed E-state index contributed by atoms with van der Waals surface area (Å²) in [6.45, 7) is -0.0298. The van der Waals surface area contributed by atoms with Gasteiger partial charge in [0.25, 0.3) is 0 Å². The number of urea groups is 1. The van der Waals surface area contributed by atoms with Crippen molar-refractivity contribution in [3.8, 4) is 0 Å². The zero-order valence-electron chi connectivity index (χ0n) is 15.5. The number of rotatable bonds is 4. The molecule has 1 aliphatic rings. The van der Waals surface area contributed by atoms with Crippen LogP contribution in [0.1, 0.15) is 23.1 Å². The van der Waals surface area contributed by atoms with Crippen molar-refractivity contribution in [2.75, 3.05) is 5.32 Å². The number of carbonyl (C=O) groups excluding carboxylic acids is 1. The first kappa shape index (κ1) is 22.4. The maximum Gasteiger partial charge on any atom is 0.458 e. The van der Waals surface area contributed by atoms with Crippen molar-refractivity contribution in [2.45, 2.75) is 31.1 Å². The molecule has 6 nitrogen and oxygen atoms in total. The number of carbonyl (C=O) groups is 1. The molecule has 0 aliphatic carbocycles. The second-order valence-corrected chi connectivity index (χ2v) is 6.67. The summed E-state index contributed by atoms with van der Waals surface area (Å²) in [7, 11) is 0. The maximum absolute atomic E-state index is 12.8. The van der Waals surface area contributed by atoms with Gasteiger partial charge in [-0.3, -0.25) is 0 Å². The van der Waals surface area contributed by atoms with E-state index in [2.05, 4.69) is 20.6 Å². The van der Waals surface area contributed by atoms with E-state index in [4.69, 9.17) is 0 Å². The Balaban J connectivity index is 1.58. The van der Waals surface area contributed by atoms with Crippen LogP contribution in [0.5, 0.6) is 0 Å². The number of nitrogens with one attached hydrogen (secondary N) is 2. The molecule has 0 saturated heterocycles. The highest BCUT2D eigenvalue weighted by molar-refractivity contribution is 6.01. The average Bonchev–Trinajstić information content (AvgIpc) is 3.10. The van der Waals surface area contributed by atoms with Crippen molar-refractivity contribution in [3.63, 3.8) is 0 Å². The number of benzene rings is 2. The van der Waals surface area contributed by atoms with Crippen LogP contribution in [-0.4, -0.2) is 28.8 Å². The molecule has 3 N–H and O–H groups in total. The largest absolute Gasteiger partial charge is 0.458 e. The summed E-state index contributed by atoms with van der Waals surface area (Å²) in [5, 5.41) is 17.7. The van der Waals surface area contributed by atoms with Crippen LogP contribution in [0, 0.1) is 0 Å². The molecule has 0 radical (unpaired) electrons. The number of nitrogens with zero attached hydrogens (tertiary/aromatic N) is 1. The van der Waals surface area contributed by atoms with Gasteiger partial charge in [0.2, 0.25) is 0 Å². The van der Waals surface area contributed by atoms with E-state index < -0.39 is 36.2 Å². The van der Waals surface area contributed by atoms with E-state index in [1.54, 1.807) is 6.07 Å². The monoisotopic (exact) mass is 447 g/mol. The third kappa shape index (κ3) is 5.26. The third-order valence-electron chi connectivity index (χ3n) is 4.34. The molecular weight excluding hydrogens is 432 g/mol.